The van der Waals surface area contributed by atoms with Gasteiger partial charge >= 0.3 is 0 Å². The number of amides is 1. The van der Waals surface area contributed by atoms with Crippen LogP contribution in [0.2, 0.25) is 0 Å². The second kappa shape index (κ2) is 8.06. The number of hydrogen-bond acceptors (Lipinski definition) is 3. The van der Waals surface area contributed by atoms with E-state index in [4.69, 9.17) is 0 Å². The van der Waals surface area contributed by atoms with E-state index in [2.05, 4.69) is 43.1 Å². The molecule has 4 nitrogen and oxygen atoms in total. The molecule has 1 aromatic carbocycles. The van der Waals surface area contributed by atoms with Crippen molar-refractivity contribution in [3.8, 4) is 0 Å². The van der Waals surface area contributed by atoms with Crippen LogP contribution in [-0.2, 0) is 15.6 Å². The molecule has 0 aliphatic carbocycles. The van der Waals surface area contributed by atoms with Crippen molar-refractivity contribution in [2.45, 2.75) is 38.6 Å². The molecular formula is C18H28N2O2S. The van der Waals surface area contributed by atoms with Gasteiger partial charge in [-0.25, -0.2) is 0 Å². The zero-order chi connectivity index (χ0) is 16.9. The second-order valence-electron chi connectivity index (χ2n) is 6.94. The van der Waals surface area contributed by atoms with Crippen LogP contribution in [-0.4, -0.2) is 51.7 Å². The third-order valence-corrected chi connectivity index (χ3v) is 5.89. The lowest BCUT2D eigenvalue weighted by Gasteiger charge is -2.40. The highest BCUT2D eigenvalue weighted by Crippen LogP contribution is 2.19. The van der Waals surface area contributed by atoms with E-state index in [0.717, 1.165) is 24.6 Å². The topological polar surface area (TPSA) is 49.4 Å². The number of nitrogens with one attached hydrogen (secondary N) is 1. The normalized spacial score (nSPS) is 18.6. The van der Waals surface area contributed by atoms with Crippen molar-refractivity contribution in [2.24, 2.45) is 0 Å². The summed E-state index contributed by atoms with van der Waals surface area (Å²) in [7, 11) is -0.666. The summed E-state index contributed by atoms with van der Waals surface area (Å²) in [5.41, 5.74) is 1.09. The fraction of sp³-hybridized carbons (Fsp3) is 0.611. The van der Waals surface area contributed by atoms with Crippen LogP contribution >= 0.6 is 0 Å². The van der Waals surface area contributed by atoms with E-state index in [1.165, 1.54) is 5.56 Å². The maximum Gasteiger partial charge on any atom is 0.220 e. The van der Waals surface area contributed by atoms with Crippen LogP contribution in [0.4, 0.5) is 0 Å². The molecule has 128 valence electrons. The van der Waals surface area contributed by atoms with Crippen molar-refractivity contribution < 1.29 is 9.00 Å². The van der Waals surface area contributed by atoms with Gasteiger partial charge in [0.05, 0.1) is 0 Å². The molecule has 1 N–H and O–H groups in total. The summed E-state index contributed by atoms with van der Waals surface area (Å²) in [6, 6.07) is 10.1. The largest absolute Gasteiger partial charge is 0.354 e. The molecule has 0 spiro atoms. The molecule has 1 fully saturated rings. The van der Waals surface area contributed by atoms with Gasteiger partial charge in [0.1, 0.15) is 0 Å². The van der Waals surface area contributed by atoms with Gasteiger partial charge in [0, 0.05) is 53.9 Å². The van der Waals surface area contributed by atoms with E-state index < -0.39 is 10.8 Å². The Hall–Kier alpha value is -1.20. The predicted octanol–water partition coefficient (Wildman–Crippen LogP) is 2.14. The maximum absolute atomic E-state index is 12.2. The van der Waals surface area contributed by atoms with Gasteiger partial charge in [-0.2, -0.15) is 0 Å². The van der Waals surface area contributed by atoms with Crippen molar-refractivity contribution in [1.29, 1.82) is 0 Å². The van der Waals surface area contributed by atoms with Gasteiger partial charge in [0.2, 0.25) is 5.91 Å². The minimum absolute atomic E-state index is 0.0926. The maximum atomic E-state index is 12.2. The number of benzene rings is 1. The van der Waals surface area contributed by atoms with Crippen LogP contribution in [0.15, 0.2) is 30.3 Å². The molecule has 1 saturated heterocycles. The first-order valence-corrected chi connectivity index (χ1v) is 9.79. The number of carbonyl (C=O) groups excluding carboxylic acids is 1. The van der Waals surface area contributed by atoms with Gasteiger partial charge in [-0.15, -0.1) is 0 Å². The molecule has 5 heteroatoms. The van der Waals surface area contributed by atoms with E-state index >= 15 is 0 Å². The van der Waals surface area contributed by atoms with Gasteiger partial charge in [0.15, 0.2) is 0 Å². The van der Waals surface area contributed by atoms with Crippen molar-refractivity contribution in [2.75, 3.05) is 31.1 Å². The van der Waals surface area contributed by atoms with Crippen molar-refractivity contribution in [1.82, 2.24) is 10.2 Å². The standard InChI is InChI=1S/C18H28N2O2S/c1-15(16-7-5-4-6-8-16)13-17(21)19-14-18(2,3)20-9-11-23(22)12-10-20/h4-8,15H,9-14H2,1-3H3,(H,19,21)/t15-/m0/s1. The van der Waals surface area contributed by atoms with Gasteiger partial charge in [-0.05, 0) is 25.3 Å². The first-order chi connectivity index (χ1) is 10.9. The first-order valence-electron chi connectivity index (χ1n) is 8.30. The Morgan fingerprint density at radius 1 is 1.26 bits per heavy atom. The molecule has 1 aliphatic heterocycles. The number of rotatable bonds is 6. The summed E-state index contributed by atoms with van der Waals surface area (Å²) in [6.07, 6.45) is 0.504. The highest BCUT2D eigenvalue weighted by Gasteiger charge is 2.30. The van der Waals surface area contributed by atoms with Crippen LogP contribution in [0.25, 0.3) is 0 Å². The summed E-state index contributed by atoms with van der Waals surface area (Å²) in [6.45, 7) is 8.68. The lowest BCUT2D eigenvalue weighted by molar-refractivity contribution is -0.122. The van der Waals surface area contributed by atoms with E-state index in [0.29, 0.717) is 13.0 Å². The van der Waals surface area contributed by atoms with Gasteiger partial charge < -0.3 is 5.32 Å². The third kappa shape index (κ3) is 5.43. The SMILES string of the molecule is C[C@@H](CC(=O)NCC(C)(C)N1CCS(=O)CC1)c1ccccc1. The van der Waals surface area contributed by atoms with Gasteiger partial charge in [-0.1, -0.05) is 37.3 Å². The molecule has 23 heavy (non-hydrogen) atoms. The number of nitrogens with zero attached hydrogens (tertiary/aromatic N) is 1. The monoisotopic (exact) mass is 336 g/mol. The molecule has 1 amide bonds. The summed E-state index contributed by atoms with van der Waals surface area (Å²) in [4.78, 5) is 14.6. The summed E-state index contributed by atoms with van der Waals surface area (Å²) in [5.74, 6) is 1.79. The van der Waals surface area contributed by atoms with Crippen molar-refractivity contribution >= 4 is 16.7 Å². The second-order valence-corrected chi connectivity index (χ2v) is 8.64. The lowest BCUT2D eigenvalue weighted by Crippen LogP contribution is -2.55. The Kier molecular flexibility index (Phi) is 6.36. The lowest BCUT2D eigenvalue weighted by atomic mass is 9.97. The molecule has 0 aromatic heterocycles. The average Bonchev–Trinajstić information content (AvgIpc) is 2.54. The highest BCUT2D eigenvalue weighted by molar-refractivity contribution is 7.85. The number of carbonyl (C=O) groups is 1. The van der Waals surface area contributed by atoms with Gasteiger partial charge in [0.25, 0.3) is 0 Å². The quantitative estimate of drug-likeness (QED) is 0.866. The van der Waals surface area contributed by atoms with Gasteiger partial charge in [-0.3, -0.25) is 13.9 Å². The highest BCUT2D eigenvalue weighted by atomic mass is 32.2. The Balaban J connectivity index is 1.80. The Labute approximate surface area is 142 Å². The molecule has 0 bridgehead atoms. The van der Waals surface area contributed by atoms with Crippen LogP contribution in [0.3, 0.4) is 0 Å². The molecule has 0 unspecified atom stereocenters. The minimum Gasteiger partial charge on any atom is -0.354 e. The van der Waals surface area contributed by atoms with Crippen LogP contribution in [0, 0.1) is 0 Å². The summed E-state index contributed by atoms with van der Waals surface area (Å²) < 4.78 is 11.5. The molecule has 1 aliphatic rings. The van der Waals surface area contributed by atoms with Crippen LogP contribution in [0.1, 0.15) is 38.7 Å². The molecule has 0 saturated carbocycles. The van der Waals surface area contributed by atoms with E-state index in [1.54, 1.807) is 0 Å². The van der Waals surface area contributed by atoms with Crippen molar-refractivity contribution in [3.63, 3.8) is 0 Å². The van der Waals surface area contributed by atoms with E-state index in [-0.39, 0.29) is 17.4 Å². The molecular weight excluding hydrogens is 308 g/mol. The average molecular weight is 337 g/mol. The summed E-state index contributed by atoms with van der Waals surface area (Å²) in [5, 5.41) is 3.08. The Bertz CT molecular complexity index is 535. The fourth-order valence-corrected chi connectivity index (χ4v) is 3.97. The van der Waals surface area contributed by atoms with Crippen molar-refractivity contribution in [3.05, 3.63) is 35.9 Å². The smallest absolute Gasteiger partial charge is 0.220 e. The Morgan fingerprint density at radius 3 is 2.48 bits per heavy atom. The van der Waals surface area contributed by atoms with E-state index in [1.807, 2.05) is 18.2 Å². The van der Waals surface area contributed by atoms with Crippen LogP contribution in [0.5, 0.6) is 0 Å². The molecule has 1 atom stereocenters. The summed E-state index contributed by atoms with van der Waals surface area (Å²) >= 11 is 0. The van der Waals surface area contributed by atoms with E-state index in [9.17, 15) is 9.00 Å². The molecule has 0 radical (unpaired) electrons. The molecule has 2 rings (SSSR count). The predicted molar refractivity (Wildman–Crippen MR) is 96.0 cm³/mol. The molecule has 1 heterocycles. The zero-order valence-corrected chi connectivity index (χ0v) is 15.2. The third-order valence-electron chi connectivity index (χ3n) is 4.61. The molecule has 1 aromatic rings. The first kappa shape index (κ1) is 18.1. The fourth-order valence-electron chi connectivity index (χ4n) is 2.92. The zero-order valence-electron chi connectivity index (χ0n) is 14.4. The Morgan fingerprint density at radius 2 is 1.87 bits per heavy atom. The number of hydrogen-bond donors (Lipinski definition) is 1. The van der Waals surface area contributed by atoms with Crippen LogP contribution < -0.4 is 5.32 Å². The minimum atomic E-state index is -0.666.